The second kappa shape index (κ2) is 5.31. The third-order valence-electron chi connectivity index (χ3n) is 1.92. The summed E-state index contributed by atoms with van der Waals surface area (Å²) in [4.78, 5) is 10.3. The maximum atomic E-state index is 12.5. The molecule has 0 fully saturated rings. The van der Waals surface area contributed by atoms with E-state index < -0.39 is 40.0 Å². The SMILES string of the molecule is O=C(O)CS(=O)Cc1ccccc1C(F)(F)F. The Kier molecular flexibility index (Phi) is 4.28. The van der Waals surface area contributed by atoms with Gasteiger partial charge in [0.25, 0.3) is 0 Å². The Morgan fingerprint density at radius 3 is 2.41 bits per heavy atom. The molecule has 0 amide bonds. The zero-order chi connectivity index (χ0) is 13.1. The molecule has 1 N–H and O–H groups in total. The number of halogens is 3. The van der Waals surface area contributed by atoms with Gasteiger partial charge in [0.2, 0.25) is 0 Å². The number of hydrogen-bond acceptors (Lipinski definition) is 2. The monoisotopic (exact) mass is 266 g/mol. The number of carbonyl (C=O) groups is 1. The van der Waals surface area contributed by atoms with E-state index in [9.17, 15) is 22.2 Å². The lowest BCUT2D eigenvalue weighted by Gasteiger charge is -2.11. The molecule has 1 unspecified atom stereocenters. The van der Waals surface area contributed by atoms with Gasteiger partial charge in [-0.2, -0.15) is 13.2 Å². The molecule has 0 heterocycles. The van der Waals surface area contributed by atoms with Gasteiger partial charge in [0, 0.05) is 16.6 Å². The topological polar surface area (TPSA) is 54.4 Å². The summed E-state index contributed by atoms with van der Waals surface area (Å²) in [6.07, 6.45) is -4.52. The van der Waals surface area contributed by atoms with Gasteiger partial charge in [-0.1, -0.05) is 18.2 Å². The Labute approximate surface area is 97.7 Å². The molecule has 0 aliphatic carbocycles. The zero-order valence-corrected chi connectivity index (χ0v) is 9.35. The minimum absolute atomic E-state index is 0.153. The molecule has 1 rings (SSSR count). The van der Waals surface area contributed by atoms with Crippen LogP contribution in [0.5, 0.6) is 0 Å². The van der Waals surface area contributed by atoms with Crippen molar-refractivity contribution in [2.75, 3.05) is 5.75 Å². The predicted molar refractivity (Wildman–Crippen MR) is 55.8 cm³/mol. The predicted octanol–water partition coefficient (Wildman–Crippen LogP) is 2.04. The molecule has 94 valence electrons. The molecule has 0 aromatic heterocycles. The van der Waals surface area contributed by atoms with Gasteiger partial charge in [-0.3, -0.25) is 9.00 Å². The van der Waals surface area contributed by atoms with Crippen molar-refractivity contribution in [3.8, 4) is 0 Å². The molecule has 1 aromatic rings. The summed E-state index contributed by atoms with van der Waals surface area (Å²) >= 11 is 0. The van der Waals surface area contributed by atoms with E-state index in [0.29, 0.717) is 0 Å². The van der Waals surface area contributed by atoms with E-state index >= 15 is 0 Å². The quantitative estimate of drug-likeness (QED) is 0.907. The van der Waals surface area contributed by atoms with Crippen molar-refractivity contribution in [2.24, 2.45) is 0 Å². The first-order valence-electron chi connectivity index (χ1n) is 4.52. The Bertz CT molecular complexity index is 443. The Morgan fingerprint density at radius 2 is 1.88 bits per heavy atom. The minimum atomic E-state index is -4.52. The third-order valence-corrected chi connectivity index (χ3v) is 3.13. The molecule has 0 bridgehead atoms. The van der Waals surface area contributed by atoms with Crippen LogP contribution in [0, 0.1) is 0 Å². The van der Waals surface area contributed by atoms with Crippen LogP contribution in [0.3, 0.4) is 0 Å². The van der Waals surface area contributed by atoms with Crippen molar-refractivity contribution in [1.29, 1.82) is 0 Å². The summed E-state index contributed by atoms with van der Waals surface area (Å²) in [6.45, 7) is 0. The van der Waals surface area contributed by atoms with Crippen molar-refractivity contribution < 1.29 is 27.3 Å². The first-order chi connectivity index (χ1) is 7.80. The molecule has 0 saturated carbocycles. The van der Waals surface area contributed by atoms with Gasteiger partial charge in [-0.25, -0.2) is 0 Å². The van der Waals surface area contributed by atoms with Crippen molar-refractivity contribution in [1.82, 2.24) is 0 Å². The molecule has 7 heteroatoms. The highest BCUT2D eigenvalue weighted by Crippen LogP contribution is 2.32. The van der Waals surface area contributed by atoms with Gasteiger partial charge in [0.15, 0.2) is 0 Å². The number of aliphatic carboxylic acids is 1. The molecule has 0 aliphatic heterocycles. The smallest absolute Gasteiger partial charge is 0.416 e. The molecule has 0 spiro atoms. The fourth-order valence-corrected chi connectivity index (χ4v) is 2.26. The van der Waals surface area contributed by atoms with Crippen LogP contribution in [0.4, 0.5) is 13.2 Å². The maximum Gasteiger partial charge on any atom is 0.416 e. The van der Waals surface area contributed by atoms with E-state index in [2.05, 4.69) is 0 Å². The average molecular weight is 266 g/mol. The van der Waals surface area contributed by atoms with E-state index in [-0.39, 0.29) is 5.56 Å². The highest BCUT2D eigenvalue weighted by atomic mass is 32.2. The van der Waals surface area contributed by atoms with Gasteiger partial charge in [-0.15, -0.1) is 0 Å². The molecule has 0 saturated heterocycles. The van der Waals surface area contributed by atoms with Crippen molar-refractivity contribution in [3.05, 3.63) is 35.4 Å². The third kappa shape index (κ3) is 4.18. The number of alkyl halides is 3. The molecule has 1 aromatic carbocycles. The number of rotatable bonds is 4. The van der Waals surface area contributed by atoms with Crippen LogP contribution in [0.25, 0.3) is 0 Å². The fourth-order valence-electron chi connectivity index (χ4n) is 1.28. The van der Waals surface area contributed by atoms with E-state index in [1.165, 1.54) is 18.2 Å². The molecule has 0 radical (unpaired) electrons. The number of benzene rings is 1. The van der Waals surface area contributed by atoms with Gasteiger partial charge in [-0.05, 0) is 11.6 Å². The molecule has 0 aliphatic rings. The Morgan fingerprint density at radius 1 is 1.29 bits per heavy atom. The van der Waals surface area contributed by atoms with Gasteiger partial charge < -0.3 is 5.11 Å². The molecule has 3 nitrogen and oxygen atoms in total. The van der Waals surface area contributed by atoms with Crippen molar-refractivity contribution in [2.45, 2.75) is 11.9 Å². The number of carboxylic acid groups (broad SMARTS) is 1. The molecule has 17 heavy (non-hydrogen) atoms. The fraction of sp³-hybridized carbons (Fsp3) is 0.300. The molecule has 1 atom stereocenters. The lowest BCUT2D eigenvalue weighted by Crippen LogP contribution is -2.14. The van der Waals surface area contributed by atoms with Crippen LogP contribution in [0.1, 0.15) is 11.1 Å². The Hall–Kier alpha value is -1.37. The average Bonchev–Trinajstić information content (AvgIpc) is 2.15. The highest BCUT2D eigenvalue weighted by Gasteiger charge is 2.33. The van der Waals surface area contributed by atoms with Crippen LogP contribution in [-0.2, 0) is 27.5 Å². The van der Waals surface area contributed by atoms with E-state index in [1.807, 2.05) is 0 Å². The standard InChI is InChI=1S/C10H9F3O3S/c11-10(12,13)8-4-2-1-3-7(8)5-17(16)6-9(14)15/h1-4H,5-6H2,(H,14,15). The minimum Gasteiger partial charge on any atom is -0.481 e. The van der Waals surface area contributed by atoms with Crippen LogP contribution in [0.2, 0.25) is 0 Å². The summed E-state index contributed by atoms with van der Waals surface area (Å²) in [5.74, 6) is -2.37. The summed E-state index contributed by atoms with van der Waals surface area (Å²) in [5.41, 5.74) is -1.03. The second-order valence-corrected chi connectivity index (χ2v) is 4.73. The summed E-state index contributed by atoms with van der Waals surface area (Å²) in [5, 5.41) is 8.38. The molecular formula is C10H9F3O3S. The Balaban J connectivity index is 2.92. The number of hydrogen-bond donors (Lipinski definition) is 1. The first kappa shape index (κ1) is 13.7. The summed E-state index contributed by atoms with van der Waals surface area (Å²) in [7, 11) is -1.85. The van der Waals surface area contributed by atoms with Crippen LogP contribution >= 0.6 is 0 Å². The van der Waals surface area contributed by atoms with Crippen LogP contribution in [-0.4, -0.2) is 21.0 Å². The normalized spacial score (nSPS) is 13.4. The van der Waals surface area contributed by atoms with E-state index in [4.69, 9.17) is 5.11 Å². The second-order valence-electron chi connectivity index (χ2n) is 3.28. The molecular weight excluding hydrogens is 257 g/mol. The zero-order valence-electron chi connectivity index (χ0n) is 8.53. The van der Waals surface area contributed by atoms with Crippen LogP contribution < -0.4 is 0 Å². The number of carboxylic acids is 1. The lowest BCUT2D eigenvalue weighted by molar-refractivity contribution is -0.138. The van der Waals surface area contributed by atoms with Crippen molar-refractivity contribution in [3.63, 3.8) is 0 Å². The van der Waals surface area contributed by atoms with Crippen molar-refractivity contribution >= 4 is 16.8 Å². The van der Waals surface area contributed by atoms with E-state index in [1.54, 1.807) is 0 Å². The van der Waals surface area contributed by atoms with Crippen LogP contribution in [0.15, 0.2) is 24.3 Å². The lowest BCUT2D eigenvalue weighted by atomic mass is 10.1. The van der Waals surface area contributed by atoms with E-state index in [0.717, 1.165) is 6.07 Å². The largest absolute Gasteiger partial charge is 0.481 e. The van der Waals surface area contributed by atoms with Gasteiger partial charge in [0.05, 0.1) is 5.56 Å². The maximum absolute atomic E-state index is 12.5. The summed E-state index contributed by atoms with van der Waals surface area (Å²) < 4.78 is 48.9. The highest BCUT2D eigenvalue weighted by molar-refractivity contribution is 7.84. The van der Waals surface area contributed by atoms with Gasteiger partial charge >= 0.3 is 12.1 Å². The van der Waals surface area contributed by atoms with Gasteiger partial charge in [0.1, 0.15) is 5.75 Å². The summed E-state index contributed by atoms with van der Waals surface area (Å²) in [6, 6.07) is 4.70. The first-order valence-corrected chi connectivity index (χ1v) is 6.01.